The van der Waals surface area contributed by atoms with Gasteiger partial charge in [0.2, 0.25) is 0 Å². The van der Waals surface area contributed by atoms with Crippen molar-refractivity contribution >= 4 is 11.6 Å². The van der Waals surface area contributed by atoms with E-state index in [2.05, 4.69) is 10.2 Å². The van der Waals surface area contributed by atoms with Crippen LogP contribution in [0.5, 0.6) is 11.5 Å². The van der Waals surface area contributed by atoms with Crippen molar-refractivity contribution in [3.8, 4) is 11.5 Å². The summed E-state index contributed by atoms with van der Waals surface area (Å²) in [4.78, 5) is 14.7. The minimum Gasteiger partial charge on any atom is -0.486 e. The van der Waals surface area contributed by atoms with Crippen LogP contribution in [0.4, 0.5) is 5.69 Å². The Hall–Kier alpha value is -2.47. The second-order valence-electron chi connectivity index (χ2n) is 6.06. The molecule has 0 radical (unpaired) electrons. The topological polar surface area (TPSA) is 63.9 Å². The highest BCUT2D eigenvalue weighted by Crippen LogP contribution is 2.32. The zero-order chi connectivity index (χ0) is 16.4. The van der Waals surface area contributed by atoms with Gasteiger partial charge in [0.1, 0.15) is 19.0 Å². The van der Waals surface area contributed by atoms with Gasteiger partial charge in [-0.3, -0.25) is 9.69 Å². The van der Waals surface area contributed by atoms with Crippen molar-refractivity contribution in [2.75, 3.05) is 31.6 Å². The van der Waals surface area contributed by atoms with Crippen LogP contribution in [0.3, 0.4) is 0 Å². The standard InChI is InChI=1S/C18H20N2O4/c21-18(16-6-4-14(24-16)12-20-7-1-2-8-20)19-13-3-5-15-17(11-13)23-10-9-22-15/h3-6,11H,1-2,7-10,12H2,(H,19,21). The van der Waals surface area contributed by atoms with Gasteiger partial charge in [0, 0.05) is 11.8 Å². The number of fused-ring (bicyclic) bond motifs is 1. The van der Waals surface area contributed by atoms with Crippen LogP contribution < -0.4 is 14.8 Å². The molecule has 2 aliphatic heterocycles. The predicted molar refractivity (Wildman–Crippen MR) is 88.6 cm³/mol. The SMILES string of the molecule is O=C(Nc1ccc2c(c1)OCCO2)c1ccc(CN2CCCC2)o1. The first kappa shape index (κ1) is 15.1. The first-order valence-electron chi connectivity index (χ1n) is 8.30. The van der Waals surface area contributed by atoms with Crippen molar-refractivity contribution in [1.82, 2.24) is 4.90 Å². The third-order valence-electron chi connectivity index (χ3n) is 4.26. The lowest BCUT2D eigenvalue weighted by Gasteiger charge is -2.18. The van der Waals surface area contributed by atoms with Crippen LogP contribution in [0, 0.1) is 0 Å². The molecular weight excluding hydrogens is 308 g/mol. The molecule has 0 bridgehead atoms. The van der Waals surface area contributed by atoms with E-state index in [-0.39, 0.29) is 5.91 Å². The monoisotopic (exact) mass is 328 g/mol. The highest BCUT2D eigenvalue weighted by Gasteiger charge is 2.17. The van der Waals surface area contributed by atoms with Crippen molar-refractivity contribution < 1.29 is 18.7 Å². The average Bonchev–Trinajstić information content (AvgIpc) is 3.27. The summed E-state index contributed by atoms with van der Waals surface area (Å²) in [5.74, 6) is 2.22. The predicted octanol–water partition coefficient (Wildman–Crippen LogP) is 2.90. The Morgan fingerprint density at radius 1 is 1.04 bits per heavy atom. The van der Waals surface area contributed by atoms with E-state index in [0.717, 1.165) is 25.4 Å². The minimum atomic E-state index is -0.264. The van der Waals surface area contributed by atoms with Crippen LogP contribution in [0.1, 0.15) is 29.2 Å². The molecule has 4 rings (SSSR count). The fourth-order valence-electron chi connectivity index (χ4n) is 3.06. The number of nitrogens with one attached hydrogen (secondary N) is 1. The molecule has 1 N–H and O–H groups in total. The van der Waals surface area contributed by atoms with Crippen LogP contribution in [-0.2, 0) is 6.54 Å². The number of rotatable bonds is 4. The van der Waals surface area contributed by atoms with Crippen LogP contribution in [-0.4, -0.2) is 37.1 Å². The van der Waals surface area contributed by atoms with E-state index < -0.39 is 0 Å². The van der Waals surface area contributed by atoms with Gasteiger partial charge in [0.25, 0.3) is 5.91 Å². The number of ether oxygens (including phenoxy) is 2. The molecule has 1 aromatic carbocycles. The number of furan rings is 1. The average molecular weight is 328 g/mol. The van der Waals surface area contributed by atoms with Crippen molar-refractivity contribution in [2.45, 2.75) is 19.4 Å². The number of nitrogens with zero attached hydrogens (tertiary/aromatic N) is 1. The number of carbonyl (C=O) groups is 1. The molecule has 0 saturated carbocycles. The molecular formula is C18H20N2O4. The second-order valence-corrected chi connectivity index (χ2v) is 6.06. The Morgan fingerprint density at radius 2 is 1.83 bits per heavy atom. The molecule has 126 valence electrons. The van der Waals surface area contributed by atoms with Crippen LogP contribution >= 0.6 is 0 Å². The van der Waals surface area contributed by atoms with Gasteiger partial charge in [0.15, 0.2) is 17.3 Å². The normalized spacial score (nSPS) is 17.0. The quantitative estimate of drug-likeness (QED) is 0.935. The molecule has 0 spiro atoms. The van der Waals surface area contributed by atoms with Gasteiger partial charge in [-0.15, -0.1) is 0 Å². The lowest BCUT2D eigenvalue weighted by atomic mass is 10.2. The molecule has 1 saturated heterocycles. The maximum absolute atomic E-state index is 12.3. The van der Waals surface area contributed by atoms with Gasteiger partial charge in [-0.05, 0) is 50.2 Å². The van der Waals surface area contributed by atoms with E-state index in [1.54, 1.807) is 24.3 Å². The highest BCUT2D eigenvalue weighted by molar-refractivity contribution is 6.02. The fraction of sp³-hybridized carbons (Fsp3) is 0.389. The summed E-state index contributed by atoms with van der Waals surface area (Å²) in [5, 5.41) is 2.83. The molecule has 6 heteroatoms. The molecule has 2 aliphatic rings. The fourth-order valence-corrected chi connectivity index (χ4v) is 3.06. The van der Waals surface area contributed by atoms with Crippen molar-refractivity contribution in [2.24, 2.45) is 0 Å². The van der Waals surface area contributed by atoms with Gasteiger partial charge >= 0.3 is 0 Å². The first-order valence-corrected chi connectivity index (χ1v) is 8.30. The second kappa shape index (κ2) is 6.57. The lowest BCUT2D eigenvalue weighted by molar-refractivity contribution is 0.0993. The molecule has 0 unspecified atom stereocenters. The molecule has 3 heterocycles. The van der Waals surface area contributed by atoms with Gasteiger partial charge in [-0.25, -0.2) is 0 Å². The van der Waals surface area contributed by atoms with E-state index in [4.69, 9.17) is 13.9 Å². The number of likely N-dealkylation sites (tertiary alicyclic amines) is 1. The Kier molecular flexibility index (Phi) is 4.13. The summed E-state index contributed by atoms with van der Waals surface area (Å²) < 4.78 is 16.7. The summed E-state index contributed by atoms with van der Waals surface area (Å²) in [5.41, 5.74) is 0.654. The summed E-state index contributed by atoms with van der Waals surface area (Å²) in [6, 6.07) is 8.95. The molecule has 1 amide bonds. The molecule has 1 fully saturated rings. The zero-order valence-corrected chi connectivity index (χ0v) is 13.4. The Labute approximate surface area is 140 Å². The van der Waals surface area contributed by atoms with E-state index in [0.29, 0.717) is 36.2 Å². The Balaban J connectivity index is 1.41. The van der Waals surface area contributed by atoms with Crippen molar-refractivity contribution in [1.29, 1.82) is 0 Å². The molecule has 24 heavy (non-hydrogen) atoms. The van der Waals surface area contributed by atoms with Gasteiger partial charge in [0.05, 0.1) is 6.54 Å². The number of benzene rings is 1. The van der Waals surface area contributed by atoms with Crippen LogP contribution in [0.2, 0.25) is 0 Å². The van der Waals surface area contributed by atoms with Crippen LogP contribution in [0.15, 0.2) is 34.7 Å². The van der Waals surface area contributed by atoms with E-state index in [1.807, 2.05) is 6.07 Å². The third kappa shape index (κ3) is 3.23. The minimum absolute atomic E-state index is 0.264. The van der Waals surface area contributed by atoms with Gasteiger partial charge < -0.3 is 19.2 Å². The maximum atomic E-state index is 12.3. The number of amides is 1. The molecule has 0 aliphatic carbocycles. The highest BCUT2D eigenvalue weighted by atomic mass is 16.6. The number of hydrogen-bond acceptors (Lipinski definition) is 5. The maximum Gasteiger partial charge on any atom is 0.291 e. The number of anilines is 1. The third-order valence-corrected chi connectivity index (χ3v) is 4.26. The van der Waals surface area contributed by atoms with Crippen molar-refractivity contribution in [3.05, 3.63) is 41.9 Å². The van der Waals surface area contributed by atoms with Crippen molar-refractivity contribution in [3.63, 3.8) is 0 Å². The number of hydrogen-bond donors (Lipinski definition) is 1. The van der Waals surface area contributed by atoms with Crippen LogP contribution in [0.25, 0.3) is 0 Å². The first-order chi connectivity index (χ1) is 11.8. The summed E-state index contributed by atoms with van der Waals surface area (Å²) in [7, 11) is 0. The van der Waals surface area contributed by atoms with E-state index in [9.17, 15) is 4.79 Å². The zero-order valence-electron chi connectivity index (χ0n) is 13.4. The molecule has 6 nitrogen and oxygen atoms in total. The molecule has 0 atom stereocenters. The Morgan fingerprint density at radius 3 is 2.67 bits per heavy atom. The number of carbonyl (C=O) groups excluding carboxylic acids is 1. The summed E-state index contributed by atoms with van der Waals surface area (Å²) >= 11 is 0. The lowest BCUT2D eigenvalue weighted by Crippen LogP contribution is -2.18. The van der Waals surface area contributed by atoms with Gasteiger partial charge in [-0.2, -0.15) is 0 Å². The summed E-state index contributed by atoms with van der Waals surface area (Å²) in [6.07, 6.45) is 2.47. The van der Waals surface area contributed by atoms with Gasteiger partial charge in [-0.1, -0.05) is 0 Å². The summed E-state index contributed by atoms with van der Waals surface area (Å²) in [6.45, 7) is 4.02. The van der Waals surface area contributed by atoms with E-state index in [1.165, 1.54) is 12.8 Å². The Bertz CT molecular complexity index is 734. The largest absolute Gasteiger partial charge is 0.486 e. The van der Waals surface area contributed by atoms with E-state index >= 15 is 0 Å². The smallest absolute Gasteiger partial charge is 0.291 e. The molecule has 1 aromatic heterocycles. The molecule has 2 aromatic rings.